The topological polar surface area (TPSA) is 48.1 Å². The van der Waals surface area contributed by atoms with Crippen LogP contribution in [0.4, 0.5) is 0 Å². The Morgan fingerprint density at radius 1 is 1.21 bits per heavy atom. The van der Waals surface area contributed by atoms with E-state index in [1.165, 1.54) is 5.39 Å². The Morgan fingerprint density at radius 3 is 2.89 bits per heavy atom. The van der Waals surface area contributed by atoms with E-state index in [1.807, 2.05) is 25.1 Å². The van der Waals surface area contributed by atoms with Gasteiger partial charge in [-0.05, 0) is 31.9 Å². The number of hydrogen-bond acceptors (Lipinski definition) is 3. The quantitative estimate of drug-likeness (QED) is 0.777. The molecule has 1 aromatic carbocycles. The third kappa shape index (κ3) is 4.30. The summed E-state index contributed by atoms with van der Waals surface area (Å²) in [7, 11) is 0. The van der Waals surface area contributed by atoms with Crippen LogP contribution in [0.1, 0.15) is 25.5 Å². The first-order valence-electron chi connectivity index (χ1n) is 6.97. The summed E-state index contributed by atoms with van der Waals surface area (Å²) in [5, 5.41) is 1.18. The molecule has 0 fully saturated rings. The highest BCUT2D eigenvalue weighted by Crippen LogP contribution is 2.13. The van der Waals surface area contributed by atoms with Crippen LogP contribution in [0.15, 0.2) is 36.4 Å². The molecule has 0 aliphatic heterocycles. The SMILES string of the molecule is CCOCCCC(N)Cc1ccc2ccccc2n1. The maximum absolute atomic E-state index is 6.14. The number of nitrogens with two attached hydrogens (primary N) is 1. The van der Waals surface area contributed by atoms with Gasteiger partial charge in [-0.3, -0.25) is 4.98 Å². The number of para-hydroxylation sites is 1. The minimum absolute atomic E-state index is 0.161. The van der Waals surface area contributed by atoms with E-state index in [0.717, 1.165) is 43.7 Å². The van der Waals surface area contributed by atoms with Crippen LogP contribution in [0, 0.1) is 0 Å². The van der Waals surface area contributed by atoms with Crippen LogP contribution in [0.25, 0.3) is 10.9 Å². The Morgan fingerprint density at radius 2 is 2.05 bits per heavy atom. The summed E-state index contributed by atoms with van der Waals surface area (Å²) >= 11 is 0. The Labute approximate surface area is 114 Å². The number of benzene rings is 1. The molecule has 2 aromatic rings. The molecule has 0 saturated carbocycles. The van der Waals surface area contributed by atoms with Crippen LogP contribution in [0.3, 0.4) is 0 Å². The number of ether oxygens (including phenoxy) is 1. The Bertz CT molecular complexity index is 513. The molecule has 1 aromatic heterocycles. The monoisotopic (exact) mass is 258 g/mol. The lowest BCUT2D eigenvalue weighted by Crippen LogP contribution is -2.23. The van der Waals surface area contributed by atoms with Gasteiger partial charge in [0.15, 0.2) is 0 Å². The normalized spacial score (nSPS) is 12.7. The zero-order valence-corrected chi connectivity index (χ0v) is 11.5. The van der Waals surface area contributed by atoms with Gasteiger partial charge in [0.1, 0.15) is 0 Å². The number of nitrogens with zero attached hydrogens (tertiary/aromatic N) is 1. The lowest BCUT2D eigenvalue weighted by atomic mass is 10.1. The van der Waals surface area contributed by atoms with Crippen molar-refractivity contribution in [2.45, 2.75) is 32.2 Å². The highest BCUT2D eigenvalue weighted by atomic mass is 16.5. The molecule has 0 aliphatic carbocycles. The van der Waals surface area contributed by atoms with Crippen molar-refractivity contribution < 1.29 is 4.74 Å². The zero-order chi connectivity index (χ0) is 13.5. The highest BCUT2D eigenvalue weighted by Gasteiger charge is 2.06. The molecule has 19 heavy (non-hydrogen) atoms. The average Bonchev–Trinajstić information content (AvgIpc) is 2.43. The number of aromatic nitrogens is 1. The molecule has 1 unspecified atom stereocenters. The van der Waals surface area contributed by atoms with E-state index in [-0.39, 0.29) is 6.04 Å². The van der Waals surface area contributed by atoms with Crippen molar-refractivity contribution in [2.75, 3.05) is 13.2 Å². The summed E-state index contributed by atoms with van der Waals surface area (Å²) in [6, 6.07) is 12.5. The molecule has 0 saturated heterocycles. The summed E-state index contributed by atoms with van der Waals surface area (Å²) < 4.78 is 5.32. The molecular formula is C16H22N2O. The first-order chi connectivity index (χ1) is 9.29. The van der Waals surface area contributed by atoms with Gasteiger partial charge in [-0.2, -0.15) is 0 Å². The van der Waals surface area contributed by atoms with Crippen LogP contribution in [0.5, 0.6) is 0 Å². The van der Waals surface area contributed by atoms with Crippen molar-refractivity contribution in [1.82, 2.24) is 4.98 Å². The van der Waals surface area contributed by atoms with E-state index in [4.69, 9.17) is 10.5 Å². The second kappa shape index (κ2) is 7.22. The van der Waals surface area contributed by atoms with E-state index >= 15 is 0 Å². The zero-order valence-electron chi connectivity index (χ0n) is 11.5. The van der Waals surface area contributed by atoms with Gasteiger partial charge in [-0.15, -0.1) is 0 Å². The Kier molecular flexibility index (Phi) is 5.31. The van der Waals surface area contributed by atoms with Gasteiger partial charge in [0.25, 0.3) is 0 Å². The fraction of sp³-hybridized carbons (Fsp3) is 0.438. The van der Waals surface area contributed by atoms with Gasteiger partial charge in [-0.1, -0.05) is 24.3 Å². The first kappa shape index (κ1) is 14.0. The molecule has 1 heterocycles. The van der Waals surface area contributed by atoms with E-state index in [1.54, 1.807) is 0 Å². The van der Waals surface area contributed by atoms with Crippen LogP contribution in [-0.2, 0) is 11.2 Å². The third-order valence-electron chi connectivity index (χ3n) is 3.20. The van der Waals surface area contributed by atoms with Crippen molar-refractivity contribution in [2.24, 2.45) is 5.73 Å². The standard InChI is InChI=1S/C16H22N2O/c1-2-19-11-5-7-14(17)12-15-10-9-13-6-3-4-8-16(13)18-15/h3-4,6,8-10,14H,2,5,7,11-12,17H2,1H3. The fourth-order valence-corrected chi connectivity index (χ4v) is 2.18. The van der Waals surface area contributed by atoms with Gasteiger partial charge in [0, 0.05) is 36.8 Å². The number of rotatable bonds is 7. The van der Waals surface area contributed by atoms with Gasteiger partial charge < -0.3 is 10.5 Å². The summed E-state index contributed by atoms with van der Waals surface area (Å²) in [5.74, 6) is 0. The highest BCUT2D eigenvalue weighted by molar-refractivity contribution is 5.78. The van der Waals surface area contributed by atoms with Gasteiger partial charge >= 0.3 is 0 Å². The molecule has 0 amide bonds. The van der Waals surface area contributed by atoms with Crippen LogP contribution >= 0.6 is 0 Å². The van der Waals surface area contributed by atoms with E-state index < -0.39 is 0 Å². The molecule has 0 bridgehead atoms. The number of fused-ring (bicyclic) bond motifs is 1. The van der Waals surface area contributed by atoms with E-state index in [2.05, 4.69) is 23.2 Å². The third-order valence-corrected chi connectivity index (χ3v) is 3.20. The second-order valence-corrected chi connectivity index (χ2v) is 4.80. The van der Waals surface area contributed by atoms with E-state index in [9.17, 15) is 0 Å². The Balaban J connectivity index is 1.89. The molecule has 0 aliphatic rings. The lowest BCUT2D eigenvalue weighted by Gasteiger charge is -2.11. The predicted octanol–water partition coefficient (Wildman–Crippen LogP) is 2.92. The number of pyridine rings is 1. The van der Waals surface area contributed by atoms with E-state index in [0.29, 0.717) is 0 Å². The minimum Gasteiger partial charge on any atom is -0.382 e. The average molecular weight is 258 g/mol. The molecular weight excluding hydrogens is 236 g/mol. The van der Waals surface area contributed by atoms with Crippen molar-refractivity contribution in [1.29, 1.82) is 0 Å². The maximum atomic E-state index is 6.14. The van der Waals surface area contributed by atoms with Crippen LogP contribution in [-0.4, -0.2) is 24.2 Å². The van der Waals surface area contributed by atoms with Gasteiger partial charge in [0.2, 0.25) is 0 Å². The summed E-state index contributed by atoms with van der Waals surface area (Å²) in [4.78, 5) is 4.65. The largest absolute Gasteiger partial charge is 0.382 e. The Hall–Kier alpha value is -1.45. The molecule has 3 nitrogen and oxygen atoms in total. The molecule has 102 valence electrons. The second-order valence-electron chi connectivity index (χ2n) is 4.80. The fourth-order valence-electron chi connectivity index (χ4n) is 2.18. The minimum atomic E-state index is 0.161. The van der Waals surface area contributed by atoms with Crippen molar-refractivity contribution in [3.05, 3.63) is 42.1 Å². The molecule has 1 atom stereocenters. The first-order valence-corrected chi connectivity index (χ1v) is 6.97. The molecule has 2 N–H and O–H groups in total. The summed E-state index contributed by atoms with van der Waals surface area (Å²) in [6.45, 7) is 3.59. The lowest BCUT2D eigenvalue weighted by molar-refractivity contribution is 0.142. The van der Waals surface area contributed by atoms with Crippen molar-refractivity contribution in [3.8, 4) is 0 Å². The van der Waals surface area contributed by atoms with Gasteiger partial charge in [-0.25, -0.2) is 0 Å². The van der Waals surface area contributed by atoms with Gasteiger partial charge in [0.05, 0.1) is 5.52 Å². The molecule has 0 spiro atoms. The van der Waals surface area contributed by atoms with Crippen molar-refractivity contribution in [3.63, 3.8) is 0 Å². The predicted molar refractivity (Wildman–Crippen MR) is 79.1 cm³/mol. The summed E-state index contributed by atoms with van der Waals surface area (Å²) in [5.41, 5.74) is 8.25. The van der Waals surface area contributed by atoms with Crippen LogP contribution < -0.4 is 5.73 Å². The molecule has 2 rings (SSSR count). The number of hydrogen-bond donors (Lipinski definition) is 1. The smallest absolute Gasteiger partial charge is 0.0705 e. The van der Waals surface area contributed by atoms with Crippen LogP contribution in [0.2, 0.25) is 0 Å². The maximum Gasteiger partial charge on any atom is 0.0705 e. The molecule has 3 heteroatoms. The molecule has 0 radical (unpaired) electrons. The van der Waals surface area contributed by atoms with Crippen molar-refractivity contribution >= 4 is 10.9 Å². The summed E-state index contributed by atoms with van der Waals surface area (Å²) in [6.07, 6.45) is 2.83.